The van der Waals surface area contributed by atoms with Crippen LogP contribution in [0.4, 0.5) is 14.6 Å². The molecule has 10 heteroatoms. The Bertz CT molecular complexity index is 1170. The highest BCUT2D eigenvalue weighted by Crippen LogP contribution is 2.44. The molecule has 3 heterocycles. The van der Waals surface area contributed by atoms with E-state index in [9.17, 15) is 8.78 Å². The minimum Gasteiger partial charge on any atom is -0.421 e. The minimum atomic E-state index is -0.704. The van der Waals surface area contributed by atoms with Gasteiger partial charge in [-0.3, -0.25) is 0 Å². The van der Waals surface area contributed by atoms with Crippen LogP contribution in [0.2, 0.25) is 5.02 Å². The Kier molecular flexibility index (Phi) is 5.97. The van der Waals surface area contributed by atoms with Gasteiger partial charge >= 0.3 is 6.01 Å². The van der Waals surface area contributed by atoms with Crippen LogP contribution in [-0.4, -0.2) is 37.8 Å². The molecule has 33 heavy (non-hydrogen) atoms. The summed E-state index contributed by atoms with van der Waals surface area (Å²) < 4.78 is 34.0. The Morgan fingerprint density at radius 2 is 2.00 bits per heavy atom. The molecule has 7 nitrogen and oxygen atoms in total. The molecule has 2 fully saturated rings. The van der Waals surface area contributed by atoms with Gasteiger partial charge in [-0.2, -0.15) is 9.67 Å². The average molecular weight is 473 g/mol. The van der Waals surface area contributed by atoms with Crippen LogP contribution in [0.25, 0.3) is 6.20 Å². The number of halogens is 3. The van der Waals surface area contributed by atoms with E-state index in [0.29, 0.717) is 36.3 Å². The summed E-state index contributed by atoms with van der Waals surface area (Å²) in [5.74, 6) is 2.08. The van der Waals surface area contributed by atoms with E-state index in [-0.39, 0.29) is 16.8 Å². The molecule has 5 rings (SSSR count). The van der Waals surface area contributed by atoms with Crippen molar-refractivity contribution in [2.75, 3.05) is 18.0 Å². The number of anilines is 1. The topological polar surface area (TPSA) is 69.0 Å². The van der Waals surface area contributed by atoms with Crippen molar-refractivity contribution >= 4 is 23.6 Å². The van der Waals surface area contributed by atoms with E-state index in [2.05, 4.69) is 25.0 Å². The predicted octanol–water partition coefficient (Wildman–Crippen LogP) is 5.06. The molecule has 1 aliphatic carbocycles. The number of ether oxygens (including phenoxy) is 1. The summed E-state index contributed by atoms with van der Waals surface area (Å²) in [7, 11) is 0. The summed E-state index contributed by atoms with van der Waals surface area (Å²) in [6, 6.07) is 6.43. The highest BCUT2D eigenvalue weighted by Gasteiger charge is 2.42. The highest BCUT2D eigenvalue weighted by molar-refractivity contribution is 6.30. The van der Waals surface area contributed by atoms with Gasteiger partial charge in [0, 0.05) is 31.3 Å². The Morgan fingerprint density at radius 1 is 1.21 bits per heavy atom. The molecule has 2 atom stereocenters. The fraction of sp³-hybridized carbons (Fsp3) is 0.391. The molecular formula is C23H23ClF2N6O. The number of aromatic nitrogens is 5. The molecule has 2 aliphatic rings. The monoisotopic (exact) mass is 472 g/mol. The third-order valence-electron chi connectivity index (χ3n) is 6.52. The quantitative estimate of drug-likeness (QED) is 0.499. The van der Waals surface area contributed by atoms with Crippen molar-refractivity contribution in [3.05, 3.63) is 59.3 Å². The van der Waals surface area contributed by atoms with E-state index in [0.717, 1.165) is 43.6 Å². The average Bonchev–Trinajstić information content (AvgIpc) is 3.26. The van der Waals surface area contributed by atoms with Gasteiger partial charge in [-0.15, -0.1) is 5.10 Å². The third kappa shape index (κ3) is 4.42. The summed E-state index contributed by atoms with van der Waals surface area (Å²) in [5.41, 5.74) is 0.953. The van der Waals surface area contributed by atoms with Gasteiger partial charge in [0.15, 0.2) is 17.4 Å². The predicted molar refractivity (Wildman–Crippen MR) is 120 cm³/mol. The van der Waals surface area contributed by atoms with Gasteiger partial charge in [-0.25, -0.2) is 18.7 Å². The Balaban J connectivity index is 1.34. The van der Waals surface area contributed by atoms with Crippen LogP contribution < -0.4 is 9.64 Å². The van der Waals surface area contributed by atoms with E-state index in [4.69, 9.17) is 16.3 Å². The molecule has 0 N–H and O–H groups in total. The van der Waals surface area contributed by atoms with Crippen molar-refractivity contribution in [2.24, 2.45) is 17.8 Å². The maximum Gasteiger partial charge on any atom is 0.325 e. The molecule has 2 unspecified atom stereocenters. The third-order valence-corrected chi connectivity index (χ3v) is 6.81. The molecule has 172 valence electrons. The van der Waals surface area contributed by atoms with Crippen LogP contribution in [0, 0.1) is 30.5 Å². The molecule has 1 saturated carbocycles. The normalized spacial score (nSPS) is 22.3. The Morgan fingerprint density at radius 3 is 2.73 bits per heavy atom. The lowest BCUT2D eigenvalue weighted by molar-refractivity contribution is 0.264. The first-order valence-electron chi connectivity index (χ1n) is 10.9. The van der Waals surface area contributed by atoms with Crippen LogP contribution in [0.5, 0.6) is 11.8 Å². The van der Waals surface area contributed by atoms with E-state index in [1.807, 2.05) is 13.0 Å². The lowest BCUT2D eigenvalue weighted by atomic mass is 9.82. The van der Waals surface area contributed by atoms with Crippen LogP contribution in [0.1, 0.15) is 24.4 Å². The number of hydrogen-bond acceptors (Lipinski definition) is 6. The maximum atomic E-state index is 14.3. The SMILES string of the molecule is Cc1cc(N2CC3CCC(C2)C3Cc2nc(Oc3cccc(Cl)c3F)n(C=CF)n2)ncn1. The number of piperidine rings is 1. The van der Waals surface area contributed by atoms with E-state index in [1.54, 1.807) is 12.4 Å². The van der Waals surface area contributed by atoms with Gasteiger partial charge in [-0.05, 0) is 49.7 Å². The molecular weight excluding hydrogens is 450 g/mol. The van der Waals surface area contributed by atoms with Crippen LogP contribution in [-0.2, 0) is 6.42 Å². The maximum absolute atomic E-state index is 14.3. The van der Waals surface area contributed by atoms with Gasteiger partial charge in [0.2, 0.25) is 0 Å². The van der Waals surface area contributed by atoms with Crippen LogP contribution in [0.3, 0.4) is 0 Å². The number of fused-ring (bicyclic) bond motifs is 2. The summed E-state index contributed by atoms with van der Waals surface area (Å²) >= 11 is 5.84. The molecule has 3 aromatic rings. The van der Waals surface area contributed by atoms with Crippen molar-refractivity contribution in [3.8, 4) is 11.8 Å². The van der Waals surface area contributed by atoms with Gasteiger partial charge in [-0.1, -0.05) is 17.7 Å². The zero-order valence-electron chi connectivity index (χ0n) is 18.0. The lowest BCUT2D eigenvalue weighted by Gasteiger charge is -2.38. The summed E-state index contributed by atoms with van der Waals surface area (Å²) in [5, 5.41) is 4.32. The first-order valence-corrected chi connectivity index (χ1v) is 11.3. The summed E-state index contributed by atoms with van der Waals surface area (Å²) in [6.07, 6.45) is 5.95. The molecule has 1 aliphatic heterocycles. The van der Waals surface area contributed by atoms with E-state index < -0.39 is 5.82 Å². The molecule has 0 radical (unpaired) electrons. The van der Waals surface area contributed by atoms with Crippen LogP contribution >= 0.6 is 11.6 Å². The number of hydrogen-bond donors (Lipinski definition) is 0. The first kappa shape index (κ1) is 21.8. The fourth-order valence-electron chi connectivity index (χ4n) is 5.00. The van der Waals surface area contributed by atoms with Crippen molar-refractivity contribution in [3.63, 3.8) is 0 Å². The largest absolute Gasteiger partial charge is 0.421 e. The van der Waals surface area contributed by atoms with Crippen molar-refractivity contribution in [1.29, 1.82) is 0 Å². The number of benzene rings is 1. The standard InChI is InChI=1S/C23H23ClF2N6O/c1-14-9-21(28-13-27-14)31-11-15-5-6-16(12-31)17(15)10-20-29-23(32(30-20)8-7-25)33-19-4-2-3-18(24)22(19)26/h2-4,7-9,13,15-17H,5-6,10-12H2,1H3. The van der Waals surface area contributed by atoms with E-state index >= 15 is 0 Å². The second kappa shape index (κ2) is 9.05. The van der Waals surface area contributed by atoms with Crippen molar-refractivity contribution in [2.45, 2.75) is 26.2 Å². The molecule has 2 aromatic heterocycles. The lowest BCUT2D eigenvalue weighted by Crippen LogP contribution is -2.43. The van der Waals surface area contributed by atoms with Gasteiger partial charge < -0.3 is 9.64 Å². The zero-order valence-corrected chi connectivity index (χ0v) is 18.8. The zero-order chi connectivity index (χ0) is 22.9. The molecule has 0 amide bonds. The Labute approximate surface area is 195 Å². The fourth-order valence-corrected chi connectivity index (χ4v) is 5.16. The molecule has 1 saturated heterocycles. The van der Waals surface area contributed by atoms with Gasteiger partial charge in [0.25, 0.3) is 0 Å². The van der Waals surface area contributed by atoms with Gasteiger partial charge in [0.1, 0.15) is 18.5 Å². The van der Waals surface area contributed by atoms with Crippen molar-refractivity contribution < 1.29 is 13.5 Å². The second-order valence-electron chi connectivity index (χ2n) is 8.57. The highest BCUT2D eigenvalue weighted by atomic mass is 35.5. The smallest absolute Gasteiger partial charge is 0.325 e. The number of rotatable bonds is 6. The molecule has 2 bridgehead atoms. The second-order valence-corrected chi connectivity index (χ2v) is 8.98. The summed E-state index contributed by atoms with van der Waals surface area (Å²) in [6.45, 7) is 3.80. The van der Waals surface area contributed by atoms with Crippen LogP contribution in [0.15, 0.2) is 36.9 Å². The Hall–Kier alpha value is -3.07. The first-order chi connectivity index (χ1) is 16.0. The van der Waals surface area contributed by atoms with Gasteiger partial charge in [0.05, 0.1) is 11.2 Å². The molecule has 0 spiro atoms. The van der Waals surface area contributed by atoms with Crippen molar-refractivity contribution in [1.82, 2.24) is 24.7 Å². The van der Waals surface area contributed by atoms with E-state index in [1.165, 1.54) is 16.8 Å². The molecule has 1 aromatic carbocycles. The number of aryl methyl sites for hydroxylation is 1. The summed E-state index contributed by atoms with van der Waals surface area (Å²) in [4.78, 5) is 15.4. The number of nitrogens with zero attached hydrogens (tertiary/aromatic N) is 6. The minimum absolute atomic E-state index is 0.0127.